The van der Waals surface area contributed by atoms with E-state index in [0.29, 0.717) is 11.7 Å². The Morgan fingerprint density at radius 2 is 2.23 bits per heavy atom. The van der Waals surface area contributed by atoms with Gasteiger partial charge in [0, 0.05) is 18.9 Å². The van der Waals surface area contributed by atoms with Gasteiger partial charge >= 0.3 is 0 Å². The highest BCUT2D eigenvalue weighted by Gasteiger charge is 2.21. The highest BCUT2D eigenvalue weighted by Crippen LogP contribution is 2.27. The molecule has 1 aromatic heterocycles. The molecule has 1 heterocycles. The van der Waals surface area contributed by atoms with Crippen LogP contribution in [0.4, 0.5) is 0 Å². The smallest absolute Gasteiger partial charge is 0.230 e. The first kappa shape index (κ1) is 15.2. The van der Waals surface area contributed by atoms with Crippen LogP contribution in [0.25, 0.3) is 5.69 Å². The van der Waals surface area contributed by atoms with Gasteiger partial charge in [0.2, 0.25) is 5.91 Å². The maximum absolute atomic E-state index is 11.9. The largest absolute Gasteiger partial charge is 0.355 e. The Hall–Kier alpha value is -1.75. The highest BCUT2D eigenvalue weighted by molar-refractivity contribution is 7.99. The summed E-state index contributed by atoms with van der Waals surface area (Å²) in [6.07, 6.45) is 6.24. The number of rotatable bonds is 6. The monoisotopic (exact) mass is 315 g/mol. The molecule has 0 aliphatic heterocycles. The van der Waals surface area contributed by atoms with Crippen molar-refractivity contribution in [3.63, 3.8) is 0 Å². The first-order valence-corrected chi connectivity index (χ1v) is 8.62. The third-order valence-corrected chi connectivity index (χ3v) is 4.80. The number of nitrogens with one attached hydrogen (secondary N) is 1. The van der Waals surface area contributed by atoms with Crippen LogP contribution in [-0.4, -0.2) is 27.8 Å². The van der Waals surface area contributed by atoms with Gasteiger partial charge in [0.1, 0.15) is 0 Å². The number of hydrogen-bond donors (Lipinski definition) is 1. The minimum Gasteiger partial charge on any atom is -0.355 e. The summed E-state index contributed by atoms with van der Waals surface area (Å²) in [6.45, 7) is 5.01. The van der Waals surface area contributed by atoms with E-state index in [-0.39, 0.29) is 5.91 Å². The molecule has 0 bridgehead atoms. The molecule has 1 amide bonds. The average Bonchev–Trinajstić information content (AvgIpc) is 3.21. The minimum atomic E-state index is 0.0899. The number of nitrogens with zero attached hydrogens (tertiary/aromatic N) is 2. The topological polar surface area (TPSA) is 46.9 Å². The molecular weight excluding hydrogens is 294 g/mol. The number of thioether (sulfide) groups is 1. The van der Waals surface area contributed by atoms with E-state index in [0.717, 1.165) is 17.4 Å². The van der Waals surface area contributed by atoms with Crippen LogP contribution in [-0.2, 0) is 4.79 Å². The van der Waals surface area contributed by atoms with Gasteiger partial charge in [-0.25, -0.2) is 4.98 Å². The summed E-state index contributed by atoms with van der Waals surface area (Å²) in [5.74, 6) is 1.22. The minimum absolute atomic E-state index is 0.0899. The van der Waals surface area contributed by atoms with Crippen LogP contribution in [0.1, 0.15) is 24.0 Å². The highest BCUT2D eigenvalue weighted by atomic mass is 32.2. The lowest BCUT2D eigenvalue weighted by Crippen LogP contribution is -2.27. The lowest BCUT2D eigenvalue weighted by molar-refractivity contribution is -0.118. The Labute approximate surface area is 135 Å². The maximum atomic E-state index is 11.9. The molecule has 2 aromatic rings. The second-order valence-electron chi connectivity index (χ2n) is 5.91. The summed E-state index contributed by atoms with van der Waals surface area (Å²) in [7, 11) is 0. The third-order valence-electron chi connectivity index (χ3n) is 3.84. The summed E-state index contributed by atoms with van der Waals surface area (Å²) < 4.78 is 2.05. The molecule has 1 aromatic carbocycles. The predicted octanol–water partition coefficient (Wildman–Crippen LogP) is 3.11. The average molecular weight is 315 g/mol. The van der Waals surface area contributed by atoms with Crippen molar-refractivity contribution in [1.29, 1.82) is 0 Å². The lowest BCUT2D eigenvalue weighted by atomic mass is 10.1. The number of aromatic nitrogens is 2. The molecule has 116 valence electrons. The van der Waals surface area contributed by atoms with Gasteiger partial charge in [0.15, 0.2) is 5.16 Å². The van der Waals surface area contributed by atoms with Crippen molar-refractivity contribution in [3.05, 3.63) is 41.7 Å². The summed E-state index contributed by atoms with van der Waals surface area (Å²) in [4.78, 5) is 16.2. The molecule has 3 rings (SSSR count). The molecule has 1 N–H and O–H groups in total. The number of carbonyl (C=O) groups is 1. The number of carbonyl (C=O) groups excluding carboxylic acids is 1. The van der Waals surface area contributed by atoms with Crippen LogP contribution in [0.2, 0.25) is 0 Å². The number of imidazole rings is 1. The van der Waals surface area contributed by atoms with Gasteiger partial charge in [-0.2, -0.15) is 0 Å². The van der Waals surface area contributed by atoms with E-state index in [9.17, 15) is 4.79 Å². The summed E-state index contributed by atoms with van der Waals surface area (Å²) in [5, 5.41) is 3.84. The Bertz CT molecular complexity index is 676. The Morgan fingerprint density at radius 3 is 2.95 bits per heavy atom. The van der Waals surface area contributed by atoms with Crippen molar-refractivity contribution in [2.75, 3.05) is 12.3 Å². The molecule has 0 atom stereocenters. The lowest BCUT2D eigenvalue weighted by Gasteiger charge is -2.11. The second kappa shape index (κ2) is 6.57. The Kier molecular flexibility index (Phi) is 4.52. The SMILES string of the molecule is Cc1ccc(-n2ccnc2SCC(=O)NCC2CC2)c(C)c1. The van der Waals surface area contributed by atoms with Crippen LogP contribution in [0, 0.1) is 19.8 Å². The summed E-state index contributed by atoms with van der Waals surface area (Å²) in [5.41, 5.74) is 3.57. The van der Waals surface area contributed by atoms with Crippen molar-refractivity contribution < 1.29 is 4.79 Å². The maximum Gasteiger partial charge on any atom is 0.230 e. The number of hydrogen-bond acceptors (Lipinski definition) is 3. The molecule has 5 heteroatoms. The summed E-state index contributed by atoms with van der Waals surface area (Å²) >= 11 is 1.48. The summed E-state index contributed by atoms with van der Waals surface area (Å²) in [6, 6.07) is 6.36. The van der Waals surface area contributed by atoms with Gasteiger partial charge in [0.05, 0.1) is 11.4 Å². The van der Waals surface area contributed by atoms with E-state index in [4.69, 9.17) is 0 Å². The zero-order chi connectivity index (χ0) is 15.5. The molecule has 1 saturated carbocycles. The van der Waals surface area contributed by atoms with Gasteiger partial charge < -0.3 is 5.32 Å². The third kappa shape index (κ3) is 3.71. The predicted molar refractivity (Wildman–Crippen MR) is 89.5 cm³/mol. The van der Waals surface area contributed by atoms with Crippen LogP contribution < -0.4 is 5.32 Å². The second-order valence-corrected chi connectivity index (χ2v) is 6.85. The van der Waals surface area contributed by atoms with E-state index in [1.165, 1.54) is 35.7 Å². The molecule has 0 unspecified atom stereocenters. The van der Waals surface area contributed by atoms with Crippen molar-refractivity contribution in [2.45, 2.75) is 31.8 Å². The van der Waals surface area contributed by atoms with Crippen LogP contribution in [0.5, 0.6) is 0 Å². The molecule has 1 aliphatic carbocycles. The number of amides is 1. The van der Waals surface area contributed by atoms with Gasteiger partial charge in [-0.15, -0.1) is 0 Å². The van der Waals surface area contributed by atoms with Crippen molar-refractivity contribution in [2.24, 2.45) is 5.92 Å². The molecule has 1 fully saturated rings. The Morgan fingerprint density at radius 1 is 1.41 bits per heavy atom. The van der Waals surface area contributed by atoms with Crippen molar-refractivity contribution >= 4 is 17.7 Å². The van der Waals surface area contributed by atoms with E-state index >= 15 is 0 Å². The van der Waals surface area contributed by atoms with E-state index in [1.807, 2.05) is 10.8 Å². The van der Waals surface area contributed by atoms with E-state index < -0.39 is 0 Å². The molecule has 1 aliphatic rings. The fraction of sp³-hybridized carbons (Fsp3) is 0.412. The van der Waals surface area contributed by atoms with Crippen molar-refractivity contribution in [1.82, 2.24) is 14.9 Å². The standard InChI is InChI=1S/C17H21N3OS/c1-12-3-6-15(13(2)9-12)20-8-7-18-17(20)22-11-16(21)19-10-14-4-5-14/h3,6-9,14H,4-5,10-11H2,1-2H3,(H,19,21). The van der Waals surface area contributed by atoms with Gasteiger partial charge in [-0.05, 0) is 44.2 Å². The number of benzene rings is 1. The molecule has 0 saturated heterocycles. The molecule has 0 radical (unpaired) electrons. The van der Waals surface area contributed by atoms with E-state index in [2.05, 4.69) is 42.3 Å². The first-order valence-electron chi connectivity index (χ1n) is 7.64. The number of aryl methyl sites for hydroxylation is 2. The quantitative estimate of drug-likeness (QED) is 0.833. The fourth-order valence-corrected chi connectivity index (χ4v) is 3.21. The Balaban J connectivity index is 1.65. The zero-order valence-electron chi connectivity index (χ0n) is 13.0. The zero-order valence-corrected chi connectivity index (χ0v) is 13.8. The molecular formula is C17H21N3OS. The molecule has 0 spiro atoms. The van der Waals surface area contributed by atoms with Crippen LogP contribution in [0.15, 0.2) is 35.7 Å². The van der Waals surface area contributed by atoms with Gasteiger partial charge in [-0.1, -0.05) is 29.5 Å². The molecule has 4 nitrogen and oxygen atoms in total. The molecule has 22 heavy (non-hydrogen) atoms. The normalized spacial score (nSPS) is 14.1. The van der Waals surface area contributed by atoms with Crippen LogP contribution >= 0.6 is 11.8 Å². The van der Waals surface area contributed by atoms with Gasteiger partial charge in [0.25, 0.3) is 0 Å². The van der Waals surface area contributed by atoms with Gasteiger partial charge in [-0.3, -0.25) is 9.36 Å². The fourth-order valence-electron chi connectivity index (χ4n) is 2.42. The van der Waals surface area contributed by atoms with Crippen LogP contribution in [0.3, 0.4) is 0 Å². The van der Waals surface area contributed by atoms with E-state index in [1.54, 1.807) is 6.20 Å². The van der Waals surface area contributed by atoms with Crippen molar-refractivity contribution in [3.8, 4) is 5.69 Å². The first-order chi connectivity index (χ1) is 10.6.